The fraction of sp³-hybridized carbons (Fsp3) is 0.111. The van der Waals surface area contributed by atoms with Crippen LogP contribution in [-0.2, 0) is 5.41 Å². The topological polar surface area (TPSA) is 37.4 Å². The zero-order valence-corrected chi connectivity index (χ0v) is 20.1. The van der Waals surface area contributed by atoms with Gasteiger partial charge in [-0.15, -0.1) is 0 Å². The van der Waals surface area contributed by atoms with Gasteiger partial charge in [0.1, 0.15) is 0 Å². The van der Waals surface area contributed by atoms with Crippen LogP contribution in [0.1, 0.15) is 50.1 Å². The summed E-state index contributed by atoms with van der Waals surface area (Å²) < 4.78 is 2.24. The summed E-state index contributed by atoms with van der Waals surface area (Å²) >= 11 is 1.38. The minimum absolute atomic E-state index is 0.0233. The molecule has 0 radical (unpaired) electrons. The molecule has 0 unspecified atom stereocenters. The molecule has 0 spiro atoms. The predicted octanol–water partition coefficient (Wildman–Crippen LogP) is 6.38. The van der Waals surface area contributed by atoms with Gasteiger partial charge in [-0.3, -0.25) is 0 Å². The summed E-state index contributed by atoms with van der Waals surface area (Å²) in [6, 6.07) is 21.4. The van der Waals surface area contributed by atoms with E-state index in [2.05, 4.69) is 79.4 Å². The van der Waals surface area contributed by atoms with Crippen molar-refractivity contribution in [3.63, 3.8) is 0 Å². The molecule has 0 saturated carbocycles. The number of nitrogens with zero attached hydrogens (tertiary/aromatic N) is 1. The van der Waals surface area contributed by atoms with E-state index in [4.69, 9.17) is 0 Å². The molecule has 6 rings (SSSR count). The number of Topliss-reactive ketones (excluding diaryl/α,β-unsaturated/α-hetero) is 2. The second kappa shape index (κ2) is 7.01. The van der Waals surface area contributed by atoms with Crippen LogP contribution >= 0.6 is 11.3 Å². The molecular weight excluding hydrogens is 481 g/mol. The van der Waals surface area contributed by atoms with Crippen LogP contribution < -0.4 is 4.90 Å². The second-order valence-corrected chi connectivity index (χ2v) is 11.6. The van der Waals surface area contributed by atoms with Crippen molar-refractivity contribution >= 4 is 59.4 Å². The van der Waals surface area contributed by atoms with Crippen molar-refractivity contribution in [1.29, 1.82) is 0 Å². The average molecular weight is 500 g/mol. The molecule has 2 aromatic heterocycles. The van der Waals surface area contributed by atoms with E-state index < -0.39 is 0 Å². The summed E-state index contributed by atoms with van der Waals surface area (Å²) in [5, 5.41) is 3.55. The second-order valence-electron chi connectivity index (χ2n) is 8.59. The first-order chi connectivity index (χ1) is 15.5. The fourth-order valence-corrected chi connectivity index (χ4v) is 7.62. The van der Waals surface area contributed by atoms with Crippen LogP contribution in [-0.4, -0.2) is 26.1 Å². The maximum atomic E-state index is 12.7. The molecule has 156 valence electrons. The number of anilines is 3. The Morgan fingerprint density at radius 1 is 0.812 bits per heavy atom. The Labute approximate surface area is 196 Å². The first kappa shape index (κ1) is 19.7. The average Bonchev–Trinajstić information content (AvgIpc) is 3.51. The number of allylic oxidation sites excluding steroid dienone is 1. The van der Waals surface area contributed by atoms with Crippen LogP contribution in [0.2, 0.25) is 0 Å². The van der Waals surface area contributed by atoms with E-state index in [0.717, 1.165) is 4.44 Å². The van der Waals surface area contributed by atoms with Gasteiger partial charge in [-0.2, -0.15) is 0 Å². The number of benzene rings is 2. The van der Waals surface area contributed by atoms with Crippen LogP contribution in [0, 0.1) is 0 Å². The molecule has 2 aromatic carbocycles. The summed E-state index contributed by atoms with van der Waals surface area (Å²) in [7, 11) is 0. The number of fused-ring (bicyclic) bond motifs is 3. The zero-order valence-electron chi connectivity index (χ0n) is 17.6. The maximum absolute atomic E-state index is 12.7. The molecule has 1 aliphatic heterocycles. The van der Waals surface area contributed by atoms with Crippen molar-refractivity contribution in [2.24, 2.45) is 0 Å². The Morgan fingerprint density at radius 3 is 1.97 bits per heavy atom. The van der Waals surface area contributed by atoms with E-state index in [1.807, 2.05) is 6.08 Å². The molecular formula is C27H19NO2SSe. The predicted molar refractivity (Wildman–Crippen MR) is 131 cm³/mol. The fourth-order valence-electron chi connectivity index (χ4n) is 4.76. The number of hydrogen-bond acceptors (Lipinski definition) is 4. The number of carbonyl (C=O) groups excluding carboxylic acids is 2. The van der Waals surface area contributed by atoms with Crippen LogP contribution in [0.3, 0.4) is 0 Å². The Balaban J connectivity index is 1.46. The van der Waals surface area contributed by atoms with Gasteiger partial charge in [0.25, 0.3) is 0 Å². The molecule has 0 fully saturated rings. The minimum atomic E-state index is -0.146. The SMILES string of the molecule is CC1(C)c2ccccc2N(c2ccc(C=C3C(=O)c4cscc4C3=O)[se]2)c2ccccc21. The number of para-hydroxylation sites is 2. The van der Waals surface area contributed by atoms with Crippen LogP contribution in [0.15, 0.2) is 77.0 Å². The van der Waals surface area contributed by atoms with Gasteiger partial charge in [0.15, 0.2) is 0 Å². The number of carbonyl (C=O) groups is 2. The third-order valence-electron chi connectivity index (χ3n) is 6.40. The van der Waals surface area contributed by atoms with E-state index in [1.54, 1.807) is 10.8 Å². The van der Waals surface area contributed by atoms with E-state index in [1.165, 1.54) is 38.4 Å². The Hall–Kier alpha value is -2.98. The van der Waals surface area contributed by atoms with E-state index in [-0.39, 0.29) is 31.5 Å². The number of rotatable bonds is 2. The molecule has 5 heteroatoms. The zero-order chi connectivity index (χ0) is 22.0. The van der Waals surface area contributed by atoms with E-state index in [9.17, 15) is 9.59 Å². The molecule has 4 aromatic rings. The molecule has 3 nitrogen and oxygen atoms in total. The van der Waals surface area contributed by atoms with Crippen LogP contribution in [0.5, 0.6) is 0 Å². The van der Waals surface area contributed by atoms with Gasteiger partial charge in [0.2, 0.25) is 0 Å². The van der Waals surface area contributed by atoms with Crippen molar-refractivity contribution in [2.75, 3.05) is 4.90 Å². The molecule has 0 atom stereocenters. The van der Waals surface area contributed by atoms with Gasteiger partial charge in [-0.25, -0.2) is 0 Å². The first-order valence-corrected chi connectivity index (χ1v) is 13.1. The normalized spacial score (nSPS) is 16.1. The quantitative estimate of drug-likeness (QED) is 0.182. The van der Waals surface area contributed by atoms with E-state index >= 15 is 0 Å². The molecule has 0 N–H and O–H groups in total. The number of thiophene rings is 1. The van der Waals surface area contributed by atoms with Gasteiger partial charge < -0.3 is 0 Å². The third-order valence-corrected chi connectivity index (χ3v) is 9.27. The molecule has 1 aliphatic carbocycles. The molecule has 0 amide bonds. The van der Waals surface area contributed by atoms with Crippen molar-refractivity contribution in [1.82, 2.24) is 0 Å². The Bertz CT molecular complexity index is 1370. The van der Waals surface area contributed by atoms with Crippen LogP contribution in [0.25, 0.3) is 6.08 Å². The van der Waals surface area contributed by atoms with Crippen LogP contribution in [0.4, 0.5) is 15.9 Å². The summed E-state index contributed by atoms with van der Waals surface area (Å²) in [4.78, 5) is 27.8. The summed E-state index contributed by atoms with van der Waals surface area (Å²) in [5.74, 6) is -0.293. The van der Waals surface area contributed by atoms with Gasteiger partial charge in [0.05, 0.1) is 0 Å². The van der Waals surface area contributed by atoms with Crippen molar-refractivity contribution in [3.05, 3.63) is 104 Å². The molecule has 2 aliphatic rings. The standard InChI is InChI=1S/C27H19NO2SSe/c1-27(2)20-7-3-5-9-22(20)28(23-10-6-4-8-21(23)27)24-12-11-16(32-24)13-17-25(29)18-14-31-15-19(18)26(17)30/h3-15H,1-2H3. The van der Waals surface area contributed by atoms with Gasteiger partial charge in [-0.1, -0.05) is 0 Å². The van der Waals surface area contributed by atoms with Gasteiger partial charge >= 0.3 is 197 Å². The van der Waals surface area contributed by atoms with Gasteiger partial charge in [-0.05, 0) is 0 Å². The van der Waals surface area contributed by atoms with Crippen molar-refractivity contribution in [3.8, 4) is 0 Å². The third kappa shape index (κ3) is 2.72. The first-order valence-electron chi connectivity index (χ1n) is 10.4. The summed E-state index contributed by atoms with van der Waals surface area (Å²) in [5.41, 5.74) is 6.29. The molecule has 3 heterocycles. The summed E-state index contributed by atoms with van der Waals surface area (Å²) in [6.45, 7) is 4.56. The number of ketones is 2. The molecule has 0 bridgehead atoms. The summed E-state index contributed by atoms with van der Waals surface area (Å²) in [6.07, 6.45) is 1.81. The molecule has 0 saturated heterocycles. The Kier molecular flexibility index (Phi) is 4.31. The number of hydrogen-bond donors (Lipinski definition) is 0. The Morgan fingerprint density at radius 2 is 1.38 bits per heavy atom. The van der Waals surface area contributed by atoms with Gasteiger partial charge in [0, 0.05) is 0 Å². The van der Waals surface area contributed by atoms with E-state index in [0.29, 0.717) is 16.7 Å². The molecule has 32 heavy (non-hydrogen) atoms. The van der Waals surface area contributed by atoms with Crippen molar-refractivity contribution < 1.29 is 9.59 Å². The van der Waals surface area contributed by atoms with Crippen molar-refractivity contribution in [2.45, 2.75) is 19.3 Å². The monoisotopic (exact) mass is 501 g/mol.